The Balaban J connectivity index is 1.91. The number of ether oxygens (including phenoxy) is 2. The van der Waals surface area contributed by atoms with Gasteiger partial charge < -0.3 is 15.2 Å². The molecule has 2 N–H and O–H groups in total. The number of fused-ring (bicyclic) bond motifs is 1. The number of aryl methyl sites for hydroxylation is 1. The van der Waals surface area contributed by atoms with Gasteiger partial charge in [-0.25, -0.2) is 0 Å². The van der Waals surface area contributed by atoms with Gasteiger partial charge in [0.1, 0.15) is 13.2 Å². The third-order valence-electron chi connectivity index (χ3n) is 3.22. The molecule has 3 rings (SSSR count). The number of hydrogen-bond donors (Lipinski definition) is 1. The van der Waals surface area contributed by atoms with Gasteiger partial charge in [0.25, 0.3) is 0 Å². The minimum Gasteiger partial charge on any atom is -0.486 e. The van der Waals surface area contributed by atoms with E-state index in [1.807, 2.05) is 43.5 Å². The smallest absolute Gasteiger partial charge is 0.161 e. The Morgan fingerprint density at radius 1 is 1.05 bits per heavy atom. The molecule has 0 saturated heterocycles. The number of benzene rings is 1. The van der Waals surface area contributed by atoms with Crippen molar-refractivity contribution < 1.29 is 9.47 Å². The van der Waals surface area contributed by atoms with Crippen molar-refractivity contribution in [3.63, 3.8) is 0 Å². The molecular weight excluding hydrogens is 240 g/mol. The van der Waals surface area contributed by atoms with Crippen LogP contribution < -0.4 is 15.2 Å². The molecule has 0 fully saturated rings. The summed E-state index contributed by atoms with van der Waals surface area (Å²) >= 11 is 0. The Bertz CT molecular complexity index is 581. The number of aromatic nitrogens is 1. The summed E-state index contributed by atoms with van der Waals surface area (Å²) in [7, 11) is 0. The lowest BCUT2D eigenvalue weighted by Gasteiger charge is -2.20. The molecule has 4 heteroatoms. The highest BCUT2D eigenvalue weighted by Gasteiger charge is 2.15. The van der Waals surface area contributed by atoms with E-state index in [4.69, 9.17) is 15.2 Å². The summed E-state index contributed by atoms with van der Waals surface area (Å²) < 4.78 is 11.1. The molecule has 98 valence electrons. The number of nitrogens with zero attached hydrogens (tertiary/aromatic N) is 1. The van der Waals surface area contributed by atoms with E-state index in [1.165, 1.54) is 0 Å². The molecule has 0 saturated carbocycles. The lowest BCUT2D eigenvalue weighted by atomic mass is 10.0. The molecule has 1 aliphatic rings. The van der Waals surface area contributed by atoms with Gasteiger partial charge in [-0.3, -0.25) is 4.98 Å². The first-order chi connectivity index (χ1) is 9.24. The second-order valence-electron chi connectivity index (χ2n) is 4.61. The zero-order chi connectivity index (χ0) is 13.2. The largest absolute Gasteiger partial charge is 0.486 e. The monoisotopic (exact) mass is 256 g/mol. The number of hydrogen-bond acceptors (Lipinski definition) is 4. The maximum atomic E-state index is 6.26. The highest BCUT2D eigenvalue weighted by Crippen LogP contribution is 2.33. The molecule has 0 radical (unpaired) electrons. The zero-order valence-electron chi connectivity index (χ0n) is 10.8. The van der Waals surface area contributed by atoms with Gasteiger partial charge in [-0.15, -0.1) is 0 Å². The Morgan fingerprint density at radius 3 is 2.53 bits per heavy atom. The highest BCUT2D eigenvalue weighted by molar-refractivity contribution is 5.46. The van der Waals surface area contributed by atoms with Gasteiger partial charge in [-0.1, -0.05) is 12.1 Å². The fourth-order valence-electron chi connectivity index (χ4n) is 2.11. The van der Waals surface area contributed by atoms with Gasteiger partial charge in [0, 0.05) is 11.9 Å². The molecule has 19 heavy (non-hydrogen) atoms. The Hall–Kier alpha value is -2.07. The summed E-state index contributed by atoms with van der Waals surface area (Å²) in [5.74, 6) is 1.54. The second kappa shape index (κ2) is 4.90. The highest BCUT2D eigenvalue weighted by atomic mass is 16.6. The number of nitrogens with two attached hydrogens (primary N) is 1. The number of rotatable bonds is 2. The maximum Gasteiger partial charge on any atom is 0.161 e. The van der Waals surface area contributed by atoms with Crippen LogP contribution in [0.2, 0.25) is 0 Å². The topological polar surface area (TPSA) is 57.4 Å². The minimum absolute atomic E-state index is 0.205. The lowest BCUT2D eigenvalue weighted by molar-refractivity contribution is 0.171. The SMILES string of the molecule is Cc1ccc(C(N)c2ccc3c(c2)OCCO3)cn1. The predicted octanol–water partition coefficient (Wildman–Crippen LogP) is 2.21. The van der Waals surface area contributed by atoms with Crippen molar-refractivity contribution in [3.8, 4) is 11.5 Å². The minimum atomic E-state index is -0.205. The van der Waals surface area contributed by atoms with E-state index in [2.05, 4.69) is 4.98 Å². The van der Waals surface area contributed by atoms with Gasteiger partial charge in [-0.05, 0) is 36.2 Å². The summed E-state index contributed by atoms with van der Waals surface area (Å²) in [4.78, 5) is 4.28. The lowest BCUT2D eigenvalue weighted by Crippen LogP contribution is -2.17. The maximum absolute atomic E-state index is 6.26. The molecule has 1 unspecified atom stereocenters. The van der Waals surface area contributed by atoms with Crippen LogP contribution in [0.3, 0.4) is 0 Å². The average Bonchev–Trinajstić information content (AvgIpc) is 2.47. The van der Waals surface area contributed by atoms with Crippen molar-refractivity contribution >= 4 is 0 Å². The van der Waals surface area contributed by atoms with Crippen LogP contribution in [-0.2, 0) is 0 Å². The summed E-state index contributed by atoms with van der Waals surface area (Å²) in [6, 6.07) is 9.59. The fraction of sp³-hybridized carbons (Fsp3) is 0.267. The van der Waals surface area contributed by atoms with E-state index in [-0.39, 0.29) is 6.04 Å². The summed E-state index contributed by atoms with van der Waals surface area (Å²) in [6.45, 7) is 3.14. The Kier molecular flexibility index (Phi) is 3.09. The molecule has 0 bridgehead atoms. The molecule has 2 aromatic rings. The molecule has 1 aromatic carbocycles. The van der Waals surface area contributed by atoms with Crippen LogP contribution in [0.5, 0.6) is 11.5 Å². The molecule has 1 aromatic heterocycles. The third-order valence-corrected chi connectivity index (χ3v) is 3.22. The van der Waals surface area contributed by atoms with E-state index in [9.17, 15) is 0 Å². The molecule has 0 aliphatic carbocycles. The van der Waals surface area contributed by atoms with Crippen LogP contribution in [0.1, 0.15) is 22.9 Å². The third kappa shape index (κ3) is 2.39. The van der Waals surface area contributed by atoms with E-state index in [1.54, 1.807) is 0 Å². The molecule has 0 spiro atoms. The van der Waals surface area contributed by atoms with Crippen LogP contribution >= 0.6 is 0 Å². The van der Waals surface area contributed by atoms with Crippen molar-refractivity contribution in [1.82, 2.24) is 4.98 Å². The van der Waals surface area contributed by atoms with Gasteiger partial charge in [-0.2, -0.15) is 0 Å². The van der Waals surface area contributed by atoms with Gasteiger partial charge in [0.05, 0.1) is 6.04 Å². The summed E-state index contributed by atoms with van der Waals surface area (Å²) in [5, 5.41) is 0. The first-order valence-electron chi connectivity index (χ1n) is 6.32. The van der Waals surface area contributed by atoms with E-state index >= 15 is 0 Å². The van der Waals surface area contributed by atoms with Crippen LogP contribution in [0, 0.1) is 6.92 Å². The van der Waals surface area contributed by atoms with Gasteiger partial charge >= 0.3 is 0 Å². The first-order valence-corrected chi connectivity index (χ1v) is 6.32. The van der Waals surface area contributed by atoms with Gasteiger partial charge in [0.2, 0.25) is 0 Å². The van der Waals surface area contributed by atoms with E-state index in [0.717, 1.165) is 28.3 Å². The molecular formula is C15H16N2O2. The van der Waals surface area contributed by atoms with Crippen molar-refractivity contribution in [2.24, 2.45) is 5.73 Å². The quantitative estimate of drug-likeness (QED) is 0.895. The Labute approximate surface area is 112 Å². The van der Waals surface area contributed by atoms with E-state index in [0.29, 0.717) is 13.2 Å². The van der Waals surface area contributed by atoms with Crippen LogP contribution in [0.25, 0.3) is 0 Å². The molecule has 0 amide bonds. The van der Waals surface area contributed by atoms with Crippen molar-refractivity contribution in [2.45, 2.75) is 13.0 Å². The first kappa shape index (κ1) is 12.0. The van der Waals surface area contributed by atoms with Crippen molar-refractivity contribution in [1.29, 1.82) is 0 Å². The average molecular weight is 256 g/mol. The fourth-order valence-corrected chi connectivity index (χ4v) is 2.11. The second-order valence-corrected chi connectivity index (χ2v) is 4.61. The standard InChI is InChI=1S/C15H16N2O2/c1-10-2-3-12(9-17-10)15(16)11-4-5-13-14(8-11)19-7-6-18-13/h2-5,8-9,15H,6-7,16H2,1H3. The summed E-state index contributed by atoms with van der Waals surface area (Å²) in [6.07, 6.45) is 1.82. The molecule has 4 nitrogen and oxygen atoms in total. The van der Waals surface area contributed by atoms with E-state index < -0.39 is 0 Å². The van der Waals surface area contributed by atoms with Crippen molar-refractivity contribution in [3.05, 3.63) is 53.3 Å². The summed E-state index contributed by atoms with van der Waals surface area (Å²) in [5.41, 5.74) is 9.23. The van der Waals surface area contributed by atoms with Crippen LogP contribution in [0.4, 0.5) is 0 Å². The molecule has 2 heterocycles. The van der Waals surface area contributed by atoms with Crippen LogP contribution in [0.15, 0.2) is 36.5 Å². The zero-order valence-corrected chi connectivity index (χ0v) is 10.8. The van der Waals surface area contributed by atoms with Crippen LogP contribution in [-0.4, -0.2) is 18.2 Å². The normalized spacial score (nSPS) is 15.1. The predicted molar refractivity (Wildman–Crippen MR) is 72.4 cm³/mol. The molecule has 1 atom stereocenters. The van der Waals surface area contributed by atoms with Crippen molar-refractivity contribution in [2.75, 3.05) is 13.2 Å². The molecule has 1 aliphatic heterocycles. The number of pyridine rings is 1. The Morgan fingerprint density at radius 2 is 1.79 bits per heavy atom. The van der Waals surface area contributed by atoms with Gasteiger partial charge in [0.15, 0.2) is 11.5 Å².